The minimum absolute atomic E-state index is 0.0909. The molecule has 12 heteroatoms. The molecule has 3 aromatic rings. The van der Waals surface area contributed by atoms with Crippen molar-refractivity contribution < 1.29 is 33.4 Å². The minimum atomic E-state index is -1.88. The molecule has 0 spiro atoms. The Bertz CT molecular complexity index is 1380. The number of esters is 1. The van der Waals surface area contributed by atoms with Crippen molar-refractivity contribution in [2.45, 2.75) is 44.9 Å². The SMILES string of the molecule is COC(=O)c1ccc([C@@H](CO)NC(=O)c2cc3cc(Cl)c(OCC(=O)NCCO[Si](C)(C)C(C)(C)C)cc3[nH]2)cc1. The van der Waals surface area contributed by atoms with Crippen LogP contribution < -0.4 is 15.4 Å². The van der Waals surface area contributed by atoms with Gasteiger partial charge in [-0.2, -0.15) is 0 Å². The number of aliphatic hydroxyl groups excluding tert-OH is 1. The predicted octanol–water partition coefficient (Wildman–Crippen LogP) is 4.59. The highest BCUT2D eigenvalue weighted by molar-refractivity contribution is 6.74. The Balaban J connectivity index is 1.58. The van der Waals surface area contributed by atoms with E-state index in [9.17, 15) is 19.5 Å². The molecule has 0 unspecified atom stereocenters. The van der Waals surface area contributed by atoms with E-state index in [0.717, 1.165) is 0 Å². The van der Waals surface area contributed by atoms with Crippen molar-refractivity contribution in [3.05, 3.63) is 64.3 Å². The zero-order chi connectivity index (χ0) is 30.4. The molecule has 41 heavy (non-hydrogen) atoms. The molecule has 2 aromatic carbocycles. The molecule has 4 N–H and O–H groups in total. The van der Waals surface area contributed by atoms with E-state index in [4.69, 9.17) is 25.5 Å². The van der Waals surface area contributed by atoms with Gasteiger partial charge in [0.1, 0.15) is 11.4 Å². The molecular formula is C29H38ClN3O7Si. The second kappa shape index (κ2) is 13.5. The van der Waals surface area contributed by atoms with Crippen LogP contribution in [-0.4, -0.2) is 69.7 Å². The number of carbonyl (C=O) groups excluding carboxylic acids is 3. The number of nitrogens with one attached hydrogen (secondary N) is 3. The molecule has 0 radical (unpaired) electrons. The van der Waals surface area contributed by atoms with Gasteiger partial charge in [-0.05, 0) is 48.0 Å². The third-order valence-electron chi connectivity index (χ3n) is 7.19. The summed E-state index contributed by atoms with van der Waals surface area (Å²) in [6.45, 7) is 11.0. The van der Waals surface area contributed by atoms with Crippen molar-refractivity contribution in [3.8, 4) is 5.75 Å². The second-order valence-electron chi connectivity index (χ2n) is 11.1. The highest BCUT2D eigenvalue weighted by Crippen LogP contribution is 2.36. The lowest BCUT2D eigenvalue weighted by Crippen LogP contribution is -2.43. The van der Waals surface area contributed by atoms with Crippen molar-refractivity contribution in [1.29, 1.82) is 0 Å². The molecule has 0 saturated heterocycles. The first kappa shape index (κ1) is 32.1. The van der Waals surface area contributed by atoms with Crippen LogP contribution in [0.25, 0.3) is 10.9 Å². The number of carbonyl (C=O) groups is 3. The summed E-state index contributed by atoms with van der Waals surface area (Å²) in [4.78, 5) is 39.9. The summed E-state index contributed by atoms with van der Waals surface area (Å²) in [7, 11) is -0.591. The van der Waals surface area contributed by atoms with Crippen LogP contribution >= 0.6 is 11.6 Å². The topological polar surface area (TPSA) is 139 Å². The van der Waals surface area contributed by atoms with Crippen molar-refractivity contribution in [3.63, 3.8) is 0 Å². The minimum Gasteiger partial charge on any atom is -0.482 e. The van der Waals surface area contributed by atoms with Gasteiger partial charge in [-0.25, -0.2) is 4.79 Å². The van der Waals surface area contributed by atoms with Gasteiger partial charge in [0, 0.05) is 23.5 Å². The summed E-state index contributed by atoms with van der Waals surface area (Å²) in [5.41, 5.74) is 1.81. The second-order valence-corrected chi connectivity index (χ2v) is 16.3. The maximum absolute atomic E-state index is 13.0. The summed E-state index contributed by atoms with van der Waals surface area (Å²) in [5.74, 6) is -0.940. The van der Waals surface area contributed by atoms with E-state index >= 15 is 0 Å². The summed E-state index contributed by atoms with van der Waals surface area (Å²) < 4.78 is 16.4. The maximum Gasteiger partial charge on any atom is 0.337 e. The first-order valence-corrected chi connectivity index (χ1v) is 16.5. The first-order valence-electron chi connectivity index (χ1n) is 13.2. The first-order chi connectivity index (χ1) is 19.3. The van der Waals surface area contributed by atoms with Gasteiger partial charge in [0.25, 0.3) is 11.8 Å². The van der Waals surface area contributed by atoms with Crippen LogP contribution in [0.4, 0.5) is 0 Å². The Hall–Kier alpha value is -3.38. The quantitative estimate of drug-likeness (QED) is 0.135. The molecular weight excluding hydrogens is 566 g/mol. The number of hydrogen-bond donors (Lipinski definition) is 4. The van der Waals surface area contributed by atoms with E-state index in [2.05, 4.69) is 49.5 Å². The number of aromatic nitrogens is 1. The van der Waals surface area contributed by atoms with E-state index in [1.54, 1.807) is 42.5 Å². The number of fused-ring (bicyclic) bond motifs is 1. The molecule has 0 saturated carbocycles. The van der Waals surface area contributed by atoms with Gasteiger partial charge >= 0.3 is 5.97 Å². The third-order valence-corrected chi connectivity index (χ3v) is 12.0. The molecule has 0 aliphatic carbocycles. The Kier molecular flexibility index (Phi) is 10.6. The molecule has 0 bridgehead atoms. The predicted molar refractivity (Wildman–Crippen MR) is 160 cm³/mol. The fraction of sp³-hybridized carbons (Fsp3) is 0.414. The number of methoxy groups -OCH3 is 1. The number of benzene rings is 2. The van der Waals surface area contributed by atoms with Crippen LogP contribution in [0.2, 0.25) is 23.2 Å². The molecule has 0 aliphatic heterocycles. The average Bonchev–Trinajstić information content (AvgIpc) is 3.34. The summed E-state index contributed by atoms with van der Waals surface area (Å²) in [6, 6.07) is 10.6. The maximum atomic E-state index is 13.0. The molecule has 2 amide bonds. The van der Waals surface area contributed by atoms with Crippen molar-refractivity contribution in [2.75, 3.05) is 33.5 Å². The summed E-state index contributed by atoms with van der Waals surface area (Å²) in [6.07, 6.45) is 0. The van der Waals surface area contributed by atoms with Crippen LogP contribution in [0.3, 0.4) is 0 Å². The average molecular weight is 604 g/mol. The standard InChI is InChI=1S/C29H38ClN3O7Si/c1-29(2,3)41(5,6)40-12-11-31-26(35)17-39-25-15-22-20(13-21(25)30)14-23(32-22)27(36)33-24(16-34)18-7-9-19(10-8-18)28(37)38-4/h7-10,13-15,24,32,34H,11-12,16-17H2,1-6H3,(H,31,35)(H,33,36)/t24-/m1/s1. The lowest BCUT2D eigenvalue weighted by molar-refractivity contribution is -0.123. The van der Waals surface area contributed by atoms with E-state index < -0.39 is 26.2 Å². The van der Waals surface area contributed by atoms with Gasteiger partial charge in [0.15, 0.2) is 14.9 Å². The fourth-order valence-corrected chi connectivity index (χ4v) is 4.99. The number of aliphatic hydroxyl groups is 1. The molecule has 3 rings (SSSR count). The lowest BCUT2D eigenvalue weighted by Gasteiger charge is -2.36. The molecule has 0 aliphatic rings. The highest BCUT2D eigenvalue weighted by Gasteiger charge is 2.36. The molecule has 0 fully saturated rings. The lowest BCUT2D eigenvalue weighted by atomic mass is 10.1. The van der Waals surface area contributed by atoms with E-state index in [-0.39, 0.29) is 34.9 Å². The van der Waals surface area contributed by atoms with Gasteiger partial charge in [-0.1, -0.05) is 44.5 Å². The van der Waals surface area contributed by atoms with Crippen LogP contribution in [0.15, 0.2) is 42.5 Å². The zero-order valence-electron chi connectivity index (χ0n) is 24.2. The molecule has 10 nitrogen and oxygen atoms in total. The monoisotopic (exact) mass is 603 g/mol. The van der Waals surface area contributed by atoms with Gasteiger partial charge < -0.3 is 34.6 Å². The van der Waals surface area contributed by atoms with Gasteiger partial charge in [-0.15, -0.1) is 0 Å². The number of H-pyrrole nitrogens is 1. The van der Waals surface area contributed by atoms with Gasteiger partial charge in [0.05, 0.1) is 37.0 Å². The highest BCUT2D eigenvalue weighted by atomic mass is 35.5. The van der Waals surface area contributed by atoms with E-state index in [1.165, 1.54) is 7.11 Å². The summed E-state index contributed by atoms with van der Waals surface area (Å²) >= 11 is 6.37. The van der Waals surface area contributed by atoms with Crippen LogP contribution in [0.1, 0.15) is 53.2 Å². The van der Waals surface area contributed by atoms with Gasteiger partial charge in [0.2, 0.25) is 0 Å². The van der Waals surface area contributed by atoms with E-state index in [1.807, 2.05) is 0 Å². The number of hydrogen-bond acceptors (Lipinski definition) is 7. The molecule has 1 heterocycles. The van der Waals surface area contributed by atoms with Crippen molar-refractivity contribution >= 4 is 48.6 Å². The number of rotatable bonds is 12. The smallest absolute Gasteiger partial charge is 0.337 e. The normalized spacial score (nSPS) is 12.6. The van der Waals surface area contributed by atoms with E-state index in [0.29, 0.717) is 40.9 Å². The van der Waals surface area contributed by atoms with Crippen molar-refractivity contribution in [1.82, 2.24) is 15.6 Å². The Labute approximate surface area is 245 Å². The van der Waals surface area contributed by atoms with Crippen LogP contribution in [0.5, 0.6) is 5.75 Å². The largest absolute Gasteiger partial charge is 0.482 e. The van der Waals surface area contributed by atoms with Crippen LogP contribution in [0, 0.1) is 0 Å². The molecule has 1 aromatic heterocycles. The summed E-state index contributed by atoms with van der Waals surface area (Å²) in [5, 5.41) is 16.5. The number of aromatic amines is 1. The zero-order valence-corrected chi connectivity index (χ0v) is 26.0. The van der Waals surface area contributed by atoms with Crippen LogP contribution in [-0.2, 0) is 14.0 Å². The molecule has 222 valence electrons. The molecule has 1 atom stereocenters. The Morgan fingerprint density at radius 2 is 1.78 bits per heavy atom. The fourth-order valence-electron chi connectivity index (χ4n) is 3.71. The Morgan fingerprint density at radius 1 is 1.10 bits per heavy atom. The number of halogens is 1. The van der Waals surface area contributed by atoms with Crippen molar-refractivity contribution in [2.24, 2.45) is 0 Å². The van der Waals surface area contributed by atoms with Gasteiger partial charge in [-0.3, -0.25) is 9.59 Å². The number of ether oxygens (including phenoxy) is 2. The third kappa shape index (κ3) is 8.32. The Morgan fingerprint density at radius 3 is 2.39 bits per heavy atom. The number of amides is 2.